The van der Waals surface area contributed by atoms with Crippen molar-refractivity contribution in [1.82, 2.24) is 9.88 Å². The fraction of sp³-hybridized carbons (Fsp3) is 0.182. The maximum absolute atomic E-state index is 12.3. The highest BCUT2D eigenvalue weighted by atomic mass is 35.5. The van der Waals surface area contributed by atoms with Crippen LogP contribution in [0.4, 0.5) is 0 Å². The van der Waals surface area contributed by atoms with Gasteiger partial charge in [-0.3, -0.25) is 4.79 Å². The minimum Gasteiger partial charge on any atom is -0.349 e. The number of rotatable bonds is 5. The first-order chi connectivity index (χ1) is 13.1. The lowest BCUT2D eigenvalue weighted by molar-refractivity contribution is -0.117. The lowest BCUT2D eigenvalue weighted by Crippen LogP contribution is -2.26. The standard InChI is InChI=1S/C22H18ClN3O/c23-18-7-5-15(6-8-18)13-26-14-17(20-3-1-2-4-21(20)26)11-16(12-24)22(27)25-19-9-10-19/h1-8,11,14,19H,9-10,13H2,(H,25,27). The van der Waals surface area contributed by atoms with Crippen LogP contribution in [0.1, 0.15) is 24.0 Å². The summed E-state index contributed by atoms with van der Waals surface area (Å²) in [6.45, 7) is 0.682. The summed E-state index contributed by atoms with van der Waals surface area (Å²) in [4.78, 5) is 12.3. The Bertz CT molecular complexity index is 1070. The Hall–Kier alpha value is -3.03. The van der Waals surface area contributed by atoms with Crippen molar-refractivity contribution in [2.45, 2.75) is 25.4 Å². The smallest absolute Gasteiger partial charge is 0.262 e. The van der Waals surface area contributed by atoms with E-state index in [4.69, 9.17) is 11.6 Å². The Morgan fingerprint density at radius 3 is 2.67 bits per heavy atom. The number of halogens is 1. The molecule has 4 nitrogen and oxygen atoms in total. The molecule has 1 N–H and O–H groups in total. The van der Waals surface area contributed by atoms with Crippen molar-refractivity contribution in [2.24, 2.45) is 0 Å². The Morgan fingerprint density at radius 2 is 1.96 bits per heavy atom. The molecule has 5 heteroatoms. The van der Waals surface area contributed by atoms with Gasteiger partial charge in [0.25, 0.3) is 5.91 Å². The molecule has 0 saturated heterocycles. The van der Waals surface area contributed by atoms with E-state index in [2.05, 4.69) is 9.88 Å². The van der Waals surface area contributed by atoms with Crippen LogP contribution in [0.15, 0.2) is 60.3 Å². The van der Waals surface area contributed by atoms with Crippen molar-refractivity contribution in [2.75, 3.05) is 0 Å². The number of hydrogen-bond acceptors (Lipinski definition) is 2. The largest absolute Gasteiger partial charge is 0.349 e. The second kappa shape index (κ2) is 7.30. The normalized spacial score (nSPS) is 14.1. The van der Waals surface area contributed by atoms with Gasteiger partial charge < -0.3 is 9.88 Å². The third kappa shape index (κ3) is 3.89. The summed E-state index contributed by atoms with van der Waals surface area (Å²) in [7, 11) is 0. The molecule has 0 atom stereocenters. The third-order valence-corrected chi connectivity index (χ3v) is 4.92. The number of carbonyl (C=O) groups excluding carboxylic acids is 1. The molecule has 0 spiro atoms. The molecule has 1 aromatic heterocycles. The molecule has 1 saturated carbocycles. The quantitative estimate of drug-likeness (QED) is 0.526. The summed E-state index contributed by atoms with van der Waals surface area (Å²) in [6, 6.07) is 18.0. The molecule has 0 aliphatic heterocycles. The summed E-state index contributed by atoms with van der Waals surface area (Å²) in [5, 5.41) is 14.0. The molecular weight excluding hydrogens is 358 g/mol. The zero-order valence-corrected chi connectivity index (χ0v) is 15.4. The molecule has 27 heavy (non-hydrogen) atoms. The van der Waals surface area contributed by atoms with Crippen molar-refractivity contribution >= 4 is 34.5 Å². The van der Waals surface area contributed by atoms with Crippen LogP contribution >= 0.6 is 11.6 Å². The second-order valence-electron chi connectivity index (χ2n) is 6.77. The zero-order valence-electron chi connectivity index (χ0n) is 14.7. The Labute approximate surface area is 162 Å². The summed E-state index contributed by atoms with van der Waals surface area (Å²) in [5.41, 5.74) is 3.18. The van der Waals surface area contributed by atoms with Crippen LogP contribution in [0.5, 0.6) is 0 Å². The van der Waals surface area contributed by atoms with E-state index in [-0.39, 0.29) is 17.5 Å². The Kier molecular flexibility index (Phi) is 4.70. The maximum Gasteiger partial charge on any atom is 0.262 e. The van der Waals surface area contributed by atoms with E-state index in [1.54, 1.807) is 6.08 Å². The predicted octanol–water partition coefficient (Wildman–Crippen LogP) is 4.53. The first-order valence-corrected chi connectivity index (χ1v) is 9.27. The van der Waals surface area contributed by atoms with Crippen LogP contribution in [0.3, 0.4) is 0 Å². The number of amides is 1. The van der Waals surface area contributed by atoms with E-state index in [0.29, 0.717) is 11.6 Å². The van der Waals surface area contributed by atoms with Crippen molar-refractivity contribution < 1.29 is 4.79 Å². The van der Waals surface area contributed by atoms with Crippen molar-refractivity contribution in [3.05, 3.63) is 76.5 Å². The summed E-state index contributed by atoms with van der Waals surface area (Å²) in [6.07, 6.45) is 5.65. The first kappa shape index (κ1) is 17.4. The average Bonchev–Trinajstić information content (AvgIpc) is 3.43. The van der Waals surface area contributed by atoms with Gasteiger partial charge in [-0.05, 0) is 42.7 Å². The highest BCUT2D eigenvalue weighted by molar-refractivity contribution is 6.30. The fourth-order valence-electron chi connectivity index (χ4n) is 3.10. The highest BCUT2D eigenvalue weighted by Crippen LogP contribution is 2.25. The van der Waals surface area contributed by atoms with E-state index in [9.17, 15) is 10.1 Å². The number of fused-ring (bicyclic) bond motifs is 1. The molecule has 1 fully saturated rings. The van der Waals surface area contributed by atoms with Crippen molar-refractivity contribution in [1.29, 1.82) is 5.26 Å². The lowest BCUT2D eigenvalue weighted by Gasteiger charge is -2.05. The summed E-state index contributed by atoms with van der Waals surface area (Å²) >= 11 is 5.97. The molecule has 0 unspecified atom stereocenters. The molecule has 1 amide bonds. The number of benzene rings is 2. The molecule has 1 heterocycles. The molecular formula is C22H18ClN3O. The molecule has 1 aliphatic carbocycles. The van der Waals surface area contributed by atoms with Gasteiger partial charge in [0.1, 0.15) is 11.6 Å². The zero-order chi connectivity index (χ0) is 18.8. The Morgan fingerprint density at radius 1 is 1.22 bits per heavy atom. The van der Waals surface area contributed by atoms with Crippen molar-refractivity contribution in [3.8, 4) is 6.07 Å². The van der Waals surface area contributed by atoms with Crippen LogP contribution in [0, 0.1) is 11.3 Å². The maximum atomic E-state index is 12.3. The predicted molar refractivity (Wildman–Crippen MR) is 107 cm³/mol. The van der Waals surface area contributed by atoms with Crippen LogP contribution < -0.4 is 5.32 Å². The summed E-state index contributed by atoms with van der Waals surface area (Å²) in [5.74, 6) is -0.297. The van der Waals surface area contributed by atoms with Crippen LogP contribution in [0.2, 0.25) is 5.02 Å². The van der Waals surface area contributed by atoms with Gasteiger partial charge in [-0.2, -0.15) is 5.26 Å². The number of para-hydroxylation sites is 1. The van der Waals surface area contributed by atoms with Gasteiger partial charge in [0.15, 0.2) is 0 Å². The number of nitrogens with one attached hydrogen (secondary N) is 1. The number of hydrogen-bond donors (Lipinski definition) is 1. The lowest BCUT2D eigenvalue weighted by atomic mass is 10.1. The average molecular weight is 376 g/mol. The number of nitriles is 1. The molecule has 1 aliphatic rings. The number of carbonyl (C=O) groups is 1. The molecule has 134 valence electrons. The first-order valence-electron chi connectivity index (χ1n) is 8.89. The molecule has 0 radical (unpaired) electrons. The van der Waals surface area contributed by atoms with E-state index in [0.717, 1.165) is 34.9 Å². The Balaban J connectivity index is 1.70. The summed E-state index contributed by atoms with van der Waals surface area (Å²) < 4.78 is 2.12. The SMILES string of the molecule is N#CC(=Cc1cn(Cc2ccc(Cl)cc2)c2ccccc12)C(=O)NC1CC1. The number of nitrogens with zero attached hydrogens (tertiary/aromatic N) is 2. The van der Waals surface area contributed by atoms with E-state index < -0.39 is 0 Å². The van der Waals surface area contributed by atoms with Gasteiger partial charge in [0.05, 0.1) is 0 Å². The minimum atomic E-state index is -0.297. The van der Waals surface area contributed by atoms with Crippen LogP contribution in [-0.2, 0) is 11.3 Å². The topological polar surface area (TPSA) is 57.8 Å². The number of aromatic nitrogens is 1. The molecule has 0 bridgehead atoms. The van der Waals surface area contributed by atoms with Gasteiger partial charge in [-0.25, -0.2) is 0 Å². The van der Waals surface area contributed by atoms with Gasteiger partial charge in [-0.15, -0.1) is 0 Å². The molecule has 4 rings (SSSR count). The monoisotopic (exact) mass is 375 g/mol. The van der Waals surface area contributed by atoms with Gasteiger partial charge in [0, 0.05) is 40.3 Å². The van der Waals surface area contributed by atoms with Crippen LogP contribution in [-0.4, -0.2) is 16.5 Å². The van der Waals surface area contributed by atoms with E-state index in [1.165, 1.54) is 0 Å². The van der Waals surface area contributed by atoms with Gasteiger partial charge in [0.2, 0.25) is 0 Å². The van der Waals surface area contributed by atoms with Crippen LogP contribution in [0.25, 0.3) is 17.0 Å². The minimum absolute atomic E-state index is 0.135. The molecule has 3 aromatic rings. The van der Waals surface area contributed by atoms with Crippen molar-refractivity contribution in [3.63, 3.8) is 0 Å². The van der Waals surface area contributed by atoms with Gasteiger partial charge >= 0.3 is 0 Å². The van der Waals surface area contributed by atoms with Gasteiger partial charge in [-0.1, -0.05) is 41.9 Å². The van der Waals surface area contributed by atoms with E-state index in [1.807, 2.05) is 60.8 Å². The third-order valence-electron chi connectivity index (χ3n) is 4.66. The van der Waals surface area contributed by atoms with E-state index >= 15 is 0 Å². The molecule has 2 aromatic carbocycles. The highest BCUT2D eigenvalue weighted by Gasteiger charge is 2.24. The fourth-order valence-corrected chi connectivity index (χ4v) is 3.23. The second-order valence-corrected chi connectivity index (χ2v) is 7.21.